The van der Waals surface area contributed by atoms with E-state index in [1.54, 1.807) is 0 Å². The van der Waals surface area contributed by atoms with Gasteiger partial charge in [-0.25, -0.2) is 0 Å². The first kappa shape index (κ1) is 14.9. The maximum absolute atomic E-state index is 12.8. The Balaban J connectivity index is 1.85. The van der Waals surface area contributed by atoms with Crippen LogP contribution in [-0.2, 0) is 22.4 Å². The number of Topliss-reactive ketones (excluding diaryl/α,β-unsaturated/α-hetero) is 1. The summed E-state index contributed by atoms with van der Waals surface area (Å²) >= 11 is 6.17. The van der Waals surface area contributed by atoms with Crippen LogP contribution in [0.2, 0.25) is 5.02 Å². The maximum atomic E-state index is 12.8. The van der Waals surface area contributed by atoms with Crippen molar-refractivity contribution in [1.82, 2.24) is 0 Å². The van der Waals surface area contributed by atoms with Gasteiger partial charge in [-0.15, -0.1) is 0 Å². The Morgan fingerprint density at radius 2 is 2.14 bits per heavy atom. The van der Waals surface area contributed by atoms with Crippen LogP contribution in [0.5, 0.6) is 5.75 Å². The minimum absolute atomic E-state index is 0.168. The molecule has 0 N–H and O–H groups in total. The highest BCUT2D eigenvalue weighted by Crippen LogP contribution is 2.38. The molecule has 0 unspecified atom stereocenters. The maximum Gasteiger partial charge on any atom is 0.169 e. The number of ketones is 1. The largest absolute Gasteiger partial charge is 0.493 e. The first-order chi connectivity index (χ1) is 10.1. The summed E-state index contributed by atoms with van der Waals surface area (Å²) in [5.41, 5.74) is 1.44. The molecule has 1 aromatic carbocycles. The molecule has 0 amide bonds. The summed E-state index contributed by atoms with van der Waals surface area (Å²) in [4.78, 5) is 12.8. The van der Waals surface area contributed by atoms with E-state index in [9.17, 15) is 4.79 Å². The zero-order valence-corrected chi connectivity index (χ0v) is 13.2. The zero-order chi connectivity index (χ0) is 14.9. The zero-order valence-electron chi connectivity index (χ0n) is 12.4. The molecule has 2 aliphatic rings. The Morgan fingerprint density at radius 3 is 2.86 bits per heavy atom. The van der Waals surface area contributed by atoms with E-state index in [-0.39, 0.29) is 5.78 Å². The number of rotatable bonds is 5. The summed E-state index contributed by atoms with van der Waals surface area (Å²) < 4.78 is 11.5. The van der Waals surface area contributed by atoms with E-state index in [0.29, 0.717) is 24.7 Å². The van der Waals surface area contributed by atoms with E-state index in [1.807, 2.05) is 19.1 Å². The molecular weight excluding hydrogens is 288 g/mol. The molecule has 0 spiro atoms. The smallest absolute Gasteiger partial charge is 0.169 e. The van der Waals surface area contributed by atoms with Gasteiger partial charge < -0.3 is 9.47 Å². The predicted octanol–water partition coefficient (Wildman–Crippen LogP) is 3.74. The molecule has 114 valence electrons. The minimum atomic E-state index is -0.581. The molecule has 0 saturated heterocycles. The lowest BCUT2D eigenvalue weighted by Gasteiger charge is -2.27. The van der Waals surface area contributed by atoms with Crippen LogP contribution in [0.3, 0.4) is 0 Å². The van der Waals surface area contributed by atoms with Gasteiger partial charge >= 0.3 is 0 Å². The molecule has 0 radical (unpaired) electrons. The van der Waals surface area contributed by atoms with Crippen molar-refractivity contribution in [2.24, 2.45) is 0 Å². The molecule has 1 heterocycles. The number of carbonyl (C=O) groups is 1. The quantitative estimate of drug-likeness (QED) is 0.831. The van der Waals surface area contributed by atoms with Crippen LogP contribution in [0.25, 0.3) is 0 Å². The van der Waals surface area contributed by atoms with Gasteiger partial charge in [0.2, 0.25) is 0 Å². The van der Waals surface area contributed by atoms with Gasteiger partial charge in [0, 0.05) is 30.0 Å². The van der Waals surface area contributed by atoms with Crippen LogP contribution < -0.4 is 4.74 Å². The fraction of sp³-hybridized carbons (Fsp3) is 0.588. The first-order valence-electron chi connectivity index (χ1n) is 7.76. The van der Waals surface area contributed by atoms with Crippen molar-refractivity contribution in [3.05, 3.63) is 28.3 Å². The highest BCUT2D eigenvalue weighted by Gasteiger charge is 2.41. The second-order valence-corrected chi connectivity index (χ2v) is 6.32. The molecule has 0 bridgehead atoms. The number of hydrogen-bond donors (Lipinski definition) is 0. The van der Waals surface area contributed by atoms with Gasteiger partial charge in [0.15, 0.2) is 5.78 Å². The van der Waals surface area contributed by atoms with E-state index in [4.69, 9.17) is 21.1 Å². The van der Waals surface area contributed by atoms with Crippen LogP contribution in [0, 0.1) is 0 Å². The number of fused-ring (bicyclic) bond motifs is 1. The summed E-state index contributed by atoms with van der Waals surface area (Å²) in [6.07, 6.45) is 5.02. The number of halogens is 1. The first-order valence-corrected chi connectivity index (χ1v) is 8.14. The molecule has 1 aliphatic carbocycles. The number of hydrogen-bond acceptors (Lipinski definition) is 3. The normalized spacial score (nSPS) is 19.3. The lowest BCUT2D eigenvalue weighted by atomic mass is 9.90. The number of benzene rings is 1. The highest BCUT2D eigenvalue weighted by atomic mass is 35.5. The van der Waals surface area contributed by atoms with Crippen molar-refractivity contribution in [2.75, 3.05) is 13.2 Å². The van der Waals surface area contributed by atoms with Crippen molar-refractivity contribution in [3.8, 4) is 5.75 Å². The molecule has 0 aromatic heterocycles. The summed E-state index contributed by atoms with van der Waals surface area (Å²) in [5.74, 6) is 1.03. The lowest BCUT2D eigenvalue weighted by Crippen LogP contribution is -2.40. The van der Waals surface area contributed by atoms with Gasteiger partial charge in [-0.05, 0) is 50.3 Å². The third kappa shape index (κ3) is 2.82. The topological polar surface area (TPSA) is 35.5 Å². The van der Waals surface area contributed by atoms with Crippen molar-refractivity contribution < 1.29 is 14.3 Å². The van der Waals surface area contributed by atoms with E-state index in [0.717, 1.165) is 49.0 Å². The second kappa shape index (κ2) is 5.98. The Bertz CT molecular complexity index is 547. The van der Waals surface area contributed by atoms with Gasteiger partial charge in [0.1, 0.15) is 11.4 Å². The Labute approximate surface area is 130 Å². The van der Waals surface area contributed by atoms with E-state index in [1.165, 1.54) is 0 Å². The van der Waals surface area contributed by atoms with Gasteiger partial charge in [-0.1, -0.05) is 11.6 Å². The van der Waals surface area contributed by atoms with E-state index >= 15 is 0 Å². The Kier molecular flexibility index (Phi) is 4.23. The van der Waals surface area contributed by atoms with E-state index < -0.39 is 5.60 Å². The Morgan fingerprint density at radius 1 is 1.38 bits per heavy atom. The fourth-order valence-corrected chi connectivity index (χ4v) is 3.80. The molecule has 3 rings (SSSR count). The molecule has 1 aromatic rings. The molecule has 0 atom stereocenters. The fourth-order valence-electron chi connectivity index (χ4n) is 3.54. The molecule has 4 heteroatoms. The van der Waals surface area contributed by atoms with E-state index in [2.05, 4.69) is 0 Å². The van der Waals surface area contributed by atoms with Crippen molar-refractivity contribution in [2.45, 2.75) is 51.0 Å². The standard InChI is InChI=1S/C17H21ClO3/c1-2-21-17(6-3-4-7-17)15(19)11-13-10-14(18)9-12-5-8-20-16(12)13/h9-10H,2-8,11H2,1H3. The molecule has 1 aliphatic heterocycles. The summed E-state index contributed by atoms with van der Waals surface area (Å²) in [6, 6.07) is 3.80. The van der Waals surface area contributed by atoms with Crippen LogP contribution in [0.1, 0.15) is 43.7 Å². The second-order valence-electron chi connectivity index (χ2n) is 5.89. The minimum Gasteiger partial charge on any atom is -0.493 e. The molecule has 1 saturated carbocycles. The summed E-state index contributed by atoms with van der Waals surface area (Å²) in [6.45, 7) is 3.21. The van der Waals surface area contributed by atoms with Crippen molar-refractivity contribution in [3.63, 3.8) is 0 Å². The molecule has 21 heavy (non-hydrogen) atoms. The van der Waals surface area contributed by atoms with Gasteiger partial charge in [0.25, 0.3) is 0 Å². The van der Waals surface area contributed by atoms with Crippen molar-refractivity contribution >= 4 is 17.4 Å². The molecular formula is C17H21ClO3. The third-order valence-corrected chi connectivity index (χ3v) is 4.73. The van der Waals surface area contributed by atoms with Gasteiger partial charge in [0.05, 0.1) is 6.61 Å². The monoisotopic (exact) mass is 308 g/mol. The summed E-state index contributed by atoms with van der Waals surface area (Å²) in [7, 11) is 0. The predicted molar refractivity (Wildman–Crippen MR) is 82.2 cm³/mol. The lowest BCUT2D eigenvalue weighted by molar-refractivity contribution is -0.142. The average molecular weight is 309 g/mol. The van der Waals surface area contributed by atoms with Crippen LogP contribution >= 0.6 is 11.6 Å². The Hall–Kier alpha value is -1.06. The van der Waals surface area contributed by atoms with Crippen LogP contribution in [0.15, 0.2) is 12.1 Å². The molecule has 3 nitrogen and oxygen atoms in total. The highest BCUT2D eigenvalue weighted by molar-refractivity contribution is 6.30. The molecule has 1 fully saturated rings. The summed E-state index contributed by atoms with van der Waals surface area (Å²) in [5, 5.41) is 0.680. The third-order valence-electron chi connectivity index (χ3n) is 4.52. The van der Waals surface area contributed by atoms with Gasteiger partial charge in [-0.2, -0.15) is 0 Å². The van der Waals surface area contributed by atoms with Crippen LogP contribution in [0.4, 0.5) is 0 Å². The number of ether oxygens (including phenoxy) is 2. The average Bonchev–Trinajstić information content (AvgIpc) is 3.08. The van der Waals surface area contributed by atoms with Gasteiger partial charge in [-0.3, -0.25) is 4.79 Å². The van der Waals surface area contributed by atoms with Crippen LogP contribution in [-0.4, -0.2) is 24.6 Å². The van der Waals surface area contributed by atoms with Crippen molar-refractivity contribution in [1.29, 1.82) is 0 Å². The SMILES string of the molecule is CCOC1(C(=O)Cc2cc(Cl)cc3c2OCC3)CCCC1. The number of carbonyl (C=O) groups excluding carboxylic acids is 1.